The highest BCUT2D eigenvalue weighted by Gasteiger charge is 2.30. The lowest BCUT2D eigenvalue weighted by molar-refractivity contribution is -0.00467. The van der Waals surface area contributed by atoms with E-state index in [1.165, 1.54) is 57.9 Å². The van der Waals surface area contributed by atoms with E-state index in [9.17, 15) is 0 Å². The summed E-state index contributed by atoms with van der Waals surface area (Å²) < 4.78 is 5.81. The van der Waals surface area contributed by atoms with Gasteiger partial charge in [-0.15, -0.1) is 0 Å². The van der Waals surface area contributed by atoms with Gasteiger partial charge >= 0.3 is 0 Å². The van der Waals surface area contributed by atoms with Crippen LogP contribution in [0.2, 0.25) is 0 Å². The van der Waals surface area contributed by atoms with E-state index in [1.54, 1.807) is 0 Å². The molecule has 2 rings (SSSR count). The number of ether oxygens (including phenoxy) is 1. The average Bonchev–Trinajstić information content (AvgIpc) is 2.76. The Hall–Kier alpha value is -0.0800. The molecular formula is C15H29NO. The molecule has 2 atom stereocenters. The van der Waals surface area contributed by atoms with Gasteiger partial charge in [-0.3, -0.25) is 0 Å². The van der Waals surface area contributed by atoms with Crippen molar-refractivity contribution in [2.45, 2.75) is 77.4 Å². The van der Waals surface area contributed by atoms with E-state index in [1.807, 2.05) is 0 Å². The van der Waals surface area contributed by atoms with Crippen molar-refractivity contribution in [2.75, 3.05) is 13.2 Å². The van der Waals surface area contributed by atoms with Gasteiger partial charge in [-0.05, 0) is 37.5 Å². The summed E-state index contributed by atoms with van der Waals surface area (Å²) in [5.41, 5.74) is 0.582. The fraction of sp³-hybridized carbons (Fsp3) is 1.00. The molecule has 0 aromatic rings. The molecule has 1 aliphatic heterocycles. The lowest BCUT2D eigenvalue weighted by Crippen LogP contribution is -2.42. The third kappa shape index (κ3) is 3.96. The van der Waals surface area contributed by atoms with Gasteiger partial charge in [0.25, 0.3) is 0 Å². The van der Waals surface area contributed by atoms with Crippen molar-refractivity contribution in [3.8, 4) is 0 Å². The van der Waals surface area contributed by atoms with Crippen molar-refractivity contribution in [1.82, 2.24) is 5.32 Å². The maximum Gasteiger partial charge on any atom is 0.0589 e. The van der Waals surface area contributed by atoms with Crippen LogP contribution in [-0.2, 0) is 4.74 Å². The monoisotopic (exact) mass is 239 g/mol. The van der Waals surface area contributed by atoms with Crippen molar-refractivity contribution in [3.05, 3.63) is 0 Å². The Bertz CT molecular complexity index is 221. The minimum absolute atomic E-state index is 0.516. The Kier molecular flexibility index (Phi) is 4.87. The van der Waals surface area contributed by atoms with Gasteiger partial charge in [0.15, 0.2) is 0 Å². The van der Waals surface area contributed by atoms with Crippen LogP contribution in [0.15, 0.2) is 0 Å². The molecule has 1 saturated carbocycles. The highest BCUT2D eigenvalue weighted by atomic mass is 16.5. The van der Waals surface area contributed by atoms with Crippen molar-refractivity contribution in [1.29, 1.82) is 0 Å². The summed E-state index contributed by atoms with van der Waals surface area (Å²) >= 11 is 0. The first kappa shape index (κ1) is 13.4. The standard InChI is InChI=1S/C15H29NO/c1-3-6-14-11-13(7-10-17-14)16-12-15(2)8-4-5-9-15/h13-14,16H,3-12H2,1-2H3. The third-order valence-electron chi connectivity index (χ3n) is 4.61. The molecule has 2 unspecified atom stereocenters. The van der Waals surface area contributed by atoms with Crippen molar-refractivity contribution in [3.63, 3.8) is 0 Å². The molecule has 2 nitrogen and oxygen atoms in total. The van der Waals surface area contributed by atoms with Crippen molar-refractivity contribution in [2.24, 2.45) is 5.41 Å². The van der Waals surface area contributed by atoms with Gasteiger partial charge < -0.3 is 10.1 Å². The Morgan fingerprint density at radius 1 is 1.29 bits per heavy atom. The zero-order chi connectivity index (χ0) is 12.1. The van der Waals surface area contributed by atoms with Gasteiger partial charge in [0.2, 0.25) is 0 Å². The van der Waals surface area contributed by atoms with Crippen LogP contribution in [0, 0.1) is 5.41 Å². The summed E-state index contributed by atoms with van der Waals surface area (Å²) in [5, 5.41) is 3.81. The van der Waals surface area contributed by atoms with E-state index < -0.39 is 0 Å². The van der Waals surface area contributed by atoms with Crippen LogP contribution in [0.4, 0.5) is 0 Å². The lowest BCUT2D eigenvalue weighted by atomic mass is 9.88. The molecule has 0 bridgehead atoms. The van der Waals surface area contributed by atoms with Crippen LogP contribution >= 0.6 is 0 Å². The lowest BCUT2D eigenvalue weighted by Gasteiger charge is -2.33. The topological polar surface area (TPSA) is 21.3 Å². The maximum atomic E-state index is 5.81. The number of hydrogen-bond acceptors (Lipinski definition) is 2. The molecular weight excluding hydrogens is 210 g/mol. The normalized spacial score (nSPS) is 32.8. The molecule has 2 aliphatic rings. The zero-order valence-corrected chi connectivity index (χ0v) is 11.6. The van der Waals surface area contributed by atoms with Crippen LogP contribution in [0.5, 0.6) is 0 Å². The predicted molar refractivity (Wildman–Crippen MR) is 72.2 cm³/mol. The molecule has 1 saturated heterocycles. The molecule has 1 heterocycles. The number of hydrogen-bond donors (Lipinski definition) is 1. The average molecular weight is 239 g/mol. The first-order chi connectivity index (χ1) is 8.22. The summed E-state index contributed by atoms with van der Waals surface area (Å²) in [6.07, 6.45) is 11.1. The first-order valence-corrected chi connectivity index (χ1v) is 7.57. The second kappa shape index (κ2) is 6.19. The minimum Gasteiger partial charge on any atom is -0.378 e. The van der Waals surface area contributed by atoms with Crippen LogP contribution in [0.25, 0.3) is 0 Å². The molecule has 0 aromatic heterocycles. The Balaban J connectivity index is 1.71. The molecule has 2 heteroatoms. The first-order valence-electron chi connectivity index (χ1n) is 7.57. The fourth-order valence-corrected chi connectivity index (χ4v) is 3.38. The Morgan fingerprint density at radius 2 is 2.06 bits per heavy atom. The van der Waals surface area contributed by atoms with Crippen molar-refractivity contribution < 1.29 is 4.74 Å². The Labute approximate surface area is 107 Å². The molecule has 100 valence electrons. The molecule has 0 amide bonds. The summed E-state index contributed by atoms with van der Waals surface area (Å²) in [6.45, 7) is 6.88. The van der Waals surface area contributed by atoms with E-state index >= 15 is 0 Å². The molecule has 0 radical (unpaired) electrons. The molecule has 0 aromatic carbocycles. The van der Waals surface area contributed by atoms with E-state index in [4.69, 9.17) is 4.74 Å². The van der Waals surface area contributed by atoms with Gasteiger partial charge in [0, 0.05) is 19.2 Å². The second-order valence-corrected chi connectivity index (χ2v) is 6.40. The highest BCUT2D eigenvalue weighted by Crippen LogP contribution is 2.37. The van der Waals surface area contributed by atoms with E-state index in [0.29, 0.717) is 17.6 Å². The second-order valence-electron chi connectivity index (χ2n) is 6.40. The van der Waals surface area contributed by atoms with Gasteiger partial charge in [-0.1, -0.05) is 33.1 Å². The fourth-order valence-electron chi connectivity index (χ4n) is 3.38. The van der Waals surface area contributed by atoms with Crippen LogP contribution in [0.1, 0.15) is 65.2 Å². The van der Waals surface area contributed by atoms with E-state index in [-0.39, 0.29) is 0 Å². The van der Waals surface area contributed by atoms with Crippen LogP contribution < -0.4 is 5.32 Å². The van der Waals surface area contributed by atoms with E-state index in [0.717, 1.165) is 6.61 Å². The maximum absolute atomic E-state index is 5.81. The summed E-state index contributed by atoms with van der Waals surface area (Å²) in [5.74, 6) is 0. The smallest absolute Gasteiger partial charge is 0.0589 e. The number of nitrogens with one attached hydrogen (secondary N) is 1. The SMILES string of the molecule is CCCC1CC(NCC2(C)CCCC2)CCO1. The molecule has 0 spiro atoms. The molecule has 17 heavy (non-hydrogen) atoms. The molecule has 2 fully saturated rings. The summed E-state index contributed by atoms with van der Waals surface area (Å²) in [4.78, 5) is 0. The molecule has 1 aliphatic carbocycles. The highest BCUT2D eigenvalue weighted by molar-refractivity contribution is 4.85. The van der Waals surface area contributed by atoms with Crippen molar-refractivity contribution >= 4 is 0 Å². The summed E-state index contributed by atoms with van der Waals surface area (Å²) in [7, 11) is 0. The largest absolute Gasteiger partial charge is 0.378 e. The zero-order valence-electron chi connectivity index (χ0n) is 11.6. The summed E-state index contributed by atoms with van der Waals surface area (Å²) in [6, 6.07) is 0.706. The Morgan fingerprint density at radius 3 is 2.76 bits per heavy atom. The van der Waals surface area contributed by atoms with Gasteiger partial charge in [-0.2, -0.15) is 0 Å². The van der Waals surface area contributed by atoms with E-state index in [2.05, 4.69) is 19.2 Å². The quantitative estimate of drug-likeness (QED) is 0.793. The van der Waals surface area contributed by atoms with Crippen LogP contribution in [0.3, 0.4) is 0 Å². The predicted octanol–water partition coefficient (Wildman–Crippen LogP) is 3.50. The van der Waals surface area contributed by atoms with Gasteiger partial charge in [0.05, 0.1) is 6.10 Å². The van der Waals surface area contributed by atoms with Crippen LogP contribution in [-0.4, -0.2) is 25.3 Å². The minimum atomic E-state index is 0.516. The molecule has 1 N–H and O–H groups in total. The van der Waals surface area contributed by atoms with Gasteiger partial charge in [0.1, 0.15) is 0 Å². The van der Waals surface area contributed by atoms with Gasteiger partial charge in [-0.25, -0.2) is 0 Å². The number of rotatable bonds is 5. The third-order valence-corrected chi connectivity index (χ3v) is 4.61.